The Hall–Kier alpha value is -1.27. The third-order valence-corrected chi connectivity index (χ3v) is 1.63. The van der Waals surface area contributed by atoms with Crippen molar-refractivity contribution in [2.24, 2.45) is 0 Å². The highest BCUT2D eigenvalue weighted by atomic mass is 19.4. The van der Waals surface area contributed by atoms with Gasteiger partial charge in [-0.15, -0.1) is 0 Å². The van der Waals surface area contributed by atoms with Crippen molar-refractivity contribution >= 4 is 11.9 Å². The first-order chi connectivity index (χ1) is 6.38. The smallest absolute Gasteiger partial charge is 0.397 e. The summed E-state index contributed by atoms with van der Waals surface area (Å²) < 4.78 is 39.6. The second kappa shape index (κ2) is 3.85. The predicted octanol–water partition coefficient (Wildman–Crippen LogP) is 0.371. The first kappa shape index (κ1) is 10.8. The topological polar surface area (TPSA) is 55.4 Å². The third kappa shape index (κ3) is 3.23. The van der Waals surface area contributed by atoms with Crippen molar-refractivity contribution in [1.29, 1.82) is 0 Å². The van der Waals surface area contributed by atoms with Crippen LogP contribution in [-0.4, -0.2) is 30.7 Å². The molecule has 0 spiro atoms. The van der Waals surface area contributed by atoms with Crippen LogP contribution in [0, 0.1) is 0 Å². The summed E-state index contributed by atoms with van der Waals surface area (Å²) in [5.41, 5.74) is 0. The van der Waals surface area contributed by atoms with Gasteiger partial charge in [-0.05, 0) is 0 Å². The van der Waals surface area contributed by atoms with E-state index in [1.165, 1.54) is 0 Å². The van der Waals surface area contributed by atoms with Crippen molar-refractivity contribution < 1.29 is 27.5 Å². The van der Waals surface area contributed by atoms with Crippen molar-refractivity contribution in [2.45, 2.75) is 25.1 Å². The molecule has 1 N–H and O–H groups in total. The van der Waals surface area contributed by atoms with Gasteiger partial charge in [-0.25, -0.2) is 4.79 Å². The number of cyclic esters (lactones) is 1. The Morgan fingerprint density at radius 2 is 2.21 bits per heavy atom. The van der Waals surface area contributed by atoms with Crippen LogP contribution in [0.1, 0.15) is 12.8 Å². The highest BCUT2D eigenvalue weighted by Crippen LogP contribution is 2.19. The lowest BCUT2D eigenvalue weighted by molar-refractivity contribution is -0.156. The van der Waals surface area contributed by atoms with Gasteiger partial charge >= 0.3 is 12.1 Å². The zero-order chi connectivity index (χ0) is 10.8. The number of hydrogen-bond acceptors (Lipinski definition) is 3. The maximum atomic E-state index is 11.7. The molecule has 0 bridgehead atoms. The molecule has 1 unspecified atom stereocenters. The fourth-order valence-electron chi connectivity index (χ4n) is 1.05. The van der Waals surface area contributed by atoms with E-state index >= 15 is 0 Å². The molecule has 1 amide bonds. The van der Waals surface area contributed by atoms with Crippen LogP contribution in [0.25, 0.3) is 0 Å². The van der Waals surface area contributed by atoms with E-state index in [9.17, 15) is 22.8 Å². The number of ether oxygens (including phenoxy) is 1. The van der Waals surface area contributed by atoms with Gasteiger partial charge in [0, 0.05) is 6.42 Å². The summed E-state index contributed by atoms with van der Waals surface area (Å²) in [5, 5.41) is 1.95. The summed E-state index contributed by atoms with van der Waals surface area (Å²) in [5.74, 6) is -1.89. The zero-order valence-corrected chi connectivity index (χ0v) is 7.06. The van der Waals surface area contributed by atoms with Gasteiger partial charge in [-0.2, -0.15) is 13.2 Å². The molecule has 0 aliphatic carbocycles. The van der Waals surface area contributed by atoms with Crippen LogP contribution in [0.15, 0.2) is 0 Å². The van der Waals surface area contributed by atoms with E-state index in [1.54, 1.807) is 0 Å². The number of alkyl halides is 3. The SMILES string of the molecule is O=C(CC(F)(F)F)NC1CCOC1=O. The molecule has 7 heteroatoms. The van der Waals surface area contributed by atoms with Crippen molar-refractivity contribution in [2.75, 3.05) is 6.61 Å². The van der Waals surface area contributed by atoms with Crippen molar-refractivity contribution in [3.63, 3.8) is 0 Å². The Balaban J connectivity index is 2.37. The second-order valence-electron chi connectivity index (χ2n) is 2.87. The molecule has 80 valence electrons. The average molecular weight is 211 g/mol. The highest BCUT2D eigenvalue weighted by Gasteiger charge is 2.34. The Labute approximate surface area is 77.4 Å². The van der Waals surface area contributed by atoms with E-state index in [2.05, 4.69) is 4.74 Å². The molecule has 1 aliphatic rings. The van der Waals surface area contributed by atoms with Crippen LogP contribution in [0.3, 0.4) is 0 Å². The summed E-state index contributed by atoms with van der Waals surface area (Å²) >= 11 is 0. The van der Waals surface area contributed by atoms with Crippen molar-refractivity contribution in [1.82, 2.24) is 5.32 Å². The number of hydrogen-bond donors (Lipinski definition) is 1. The number of rotatable bonds is 2. The number of esters is 1. The van der Waals surface area contributed by atoms with Gasteiger partial charge in [0.15, 0.2) is 0 Å². The minimum atomic E-state index is -4.55. The lowest BCUT2D eigenvalue weighted by Gasteiger charge is -2.10. The van der Waals surface area contributed by atoms with E-state index in [-0.39, 0.29) is 13.0 Å². The molecular weight excluding hydrogens is 203 g/mol. The molecule has 4 nitrogen and oxygen atoms in total. The van der Waals surface area contributed by atoms with Crippen LogP contribution in [-0.2, 0) is 14.3 Å². The molecule has 1 saturated heterocycles. The molecule has 0 radical (unpaired) electrons. The molecule has 0 aromatic heterocycles. The van der Waals surface area contributed by atoms with Crippen LogP contribution in [0.2, 0.25) is 0 Å². The number of carbonyl (C=O) groups is 2. The predicted molar refractivity (Wildman–Crippen MR) is 38.2 cm³/mol. The van der Waals surface area contributed by atoms with Crippen LogP contribution < -0.4 is 5.32 Å². The molecule has 1 rings (SSSR count). The van der Waals surface area contributed by atoms with E-state index < -0.39 is 30.5 Å². The van der Waals surface area contributed by atoms with Crippen LogP contribution >= 0.6 is 0 Å². The summed E-state index contributed by atoms with van der Waals surface area (Å²) in [6.45, 7) is 0.135. The fraction of sp³-hybridized carbons (Fsp3) is 0.714. The highest BCUT2D eigenvalue weighted by molar-refractivity contribution is 5.85. The molecule has 14 heavy (non-hydrogen) atoms. The van der Waals surface area contributed by atoms with E-state index in [0.29, 0.717) is 0 Å². The Kier molecular flexibility index (Phi) is 2.97. The Morgan fingerprint density at radius 3 is 2.64 bits per heavy atom. The quantitative estimate of drug-likeness (QED) is 0.671. The lowest BCUT2D eigenvalue weighted by atomic mass is 10.2. The third-order valence-electron chi connectivity index (χ3n) is 1.63. The zero-order valence-electron chi connectivity index (χ0n) is 7.06. The standard InChI is InChI=1S/C7H8F3NO3/c8-7(9,10)3-5(12)11-4-1-2-14-6(4)13/h4H,1-3H2,(H,11,12). The van der Waals surface area contributed by atoms with E-state index in [4.69, 9.17) is 0 Å². The summed E-state index contributed by atoms with van der Waals surface area (Å²) in [6.07, 6.45) is -5.90. The molecule has 1 atom stereocenters. The second-order valence-corrected chi connectivity index (χ2v) is 2.87. The van der Waals surface area contributed by atoms with Gasteiger partial charge < -0.3 is 10.1 Å². The Morgan fingerprint density at radius 1 is 1.57 bits per heavy atom. The summed E-state index contributed by atoms with van der Waals surface area (Å²) in [4.78, 5) is 21.5. The van der Waals surface area contributed by atoms with Crippen molar-refractivity contribution in [3.05, 3.63) is 0 Å². The van der Waals surface area contributed by atoms with Gasteiger partial charge in [-0.3, -0.25) is 4.79 Å². The maximum absolute atomic E-state index is 11.7. The fourth-order valence-corrected chi connectivity index (χ4v) is 1.05. The first-order valence-electron chi connectivity index (χ1n) is 3.91. The minimum Gasteiger partial charge on any atom is -0.464 e. The number of halogens is 3. The van der Waals surface area contributed by atoms with Gasteiger partial charge in [-0.1, -0.05) is 0 Å². The minimum absolute atomic E-state index is 0.135. The van der Waals surface area contributed by atoms with Gasteiger partial charge in [0.05, 0.1) is 6.61 Å². The molecule has 0 saturated carbocycles. The van der Waals surface area contributed by atoms with Gasteiger partial charge in [0.2, 0.25) is 5.91 Å². The van der Waals surface area contributed by atoms with E-state index in [0.717, 1.165) is 0 Å². The number of amides is 1. The maximum Gasteiger partial charge on any atom is 0.397 e. The monoisotopic (exact) mass is 211 g/mol. The molecule has 0 aromatic carbocycles. The summed E-state index contributed by atoms with van der Waals surface area (Å²) in [6, 6.07) is -0.926. The molecular formula is C7H8F3NO3. The summed E-state index contributed by atoms with van der Waals surface area (Å²) in [7, 11) is 0. The largest absolute Gasteiger partial charge is 0.464 e. The lowest BCUT2D eigenvalue weighted by Crippen LogP contribution is -2.39. The van der Waals surface area contributed by atoms with Crippen molar-refractivity contribution in [3.8, 4) is 0 Å². The van der Waals surface area contributed by atoms with E-state index in [1.807, 2.05) is 5.32 Å². The van der Waals surface area contributed by atoms with Gasteiger partial charge in [0.1, 0.15) is 12.5 Å². The van der Waals surface area contributed by atoms with Crippen LogP contribution in [0.4, 0.5) is 13.2 Å². The molecule has 1 aliphatic heterocycles. The molecule has 1 fully saturated rings. The molecule has 0 aromatic rings. The average Bonchev–Trinajstić information content (AvgIpc) is 2.32. The number of carbonyl (C=O) groups excluding carboxylic acids is 2. The van der Waals surface area contributed by atoms with Gasteiger partial charge in [0.25, 0.3) is 0 Å². The first-order valence-corrected chi connectivity index (χ1v) is 3.91. The molecule has 1 heterocycles. The number of nitrogens with one attached hydrogen (secondary N) is 1. The normalized spacial score (nSPS) is 21.9. The van der Waals surface area contributed by atoms with Crippen LogP contribution in [0.5, 0.6) is 0 Å². The Bertz CT molecular complexity index is 251.